The van der Waals surface area contributed by atoms with Gasteiger partial charge in [0.2, 0.25) is 0 Å². The van der Waals surface area contributed by atoms with E-state index in [-0.39, 0.29) is 6.10 Å². The number of unbranched alkanes of at least 4 members (excludes halogenated alkanes) is 1. The molecule has 4 heteroatoms. The number of nitriles is 1. The van der Waals surface area contributed by atoms with Crippen LogP contribution in [0.25, 0.3) is 0 Å². The molecule has 1 saturated carbocycles. The van der Waals surface area contributed by atoms with Crippen molar-refractivity contribution in [1.29, 1.82) is 5.26 Å². The molecule has 0 bridgehead atoms. The Hall–Kier alpha value is -2.67. The summed E-state index contributed by atoms with van der Waals surface area (Å²) in [6, 6.07) is 13.4. The van der Waals surface area contributed by atoms with Crippen molar-refractivity contribution >= 4 is 0 Å². The number of benzene rings is 2. The molecule has 130 valence electrons. The molecule has 0 aliphatic heterocycles. The molecule has 0 N–H and O–H groups in total. The van der Waals surface area contributed by atoms with E-state index in [1.165, 1.54) is 0 Å². The zero-order valence-electron chi connectivity index (χ0n) is 14.7. The SMILES string of the molecule is CCCCOc1ccc(Oc2cc(C)c(OC3CC3)c(C#N)c2)cc1. The van der Waals surface area contributed by atoms with Gasteiger partial charge >= 0.3 is 0 Å². The van der Waals surface area contributed by atoms with E-state index in [1.54, 1.807) is 6.07 Å². The second-order valence-corrected chi connectivity index (χ2v) is 6.32. The van der Waals surface area contributed by atoms with Crippen LogP contribution in [0.3, 0.4) is 0 Å². The Kier molecular flexibility index (Phi) is 5.45. The quantitative estimate of drug-likeness (QED) is 0.607. The molecule has 0 unspecified atom stereocenters. The normalized spacial score (nSPS) is 13.2. The van der Waals surface area contributed by atoms with E-state index in [0.717, 1.165) is 43.6 Å². The second-order valence-electron chi connectivity index (χ2n) is 6.32. The summed E-state index contributed by atoms with van der Waals surface area (Å²) in [4.78, 5) is 0. The fourth-order valence-electron chi connectivity index (χ4n) is 2.47. The minimum Gasteiger partial charge on any atom is -0.494 e. The molecular weight excluding hydrogens is 314 g/mol. The van der Waals surface area contributed by atoms with E-state index >= 15 is 0 Å². The number of nitrogens with zero attached hydrogens (tertiary/aromatic N) is 1. The highest BCUT2D eigenvalue weighted by Gasteiger charge is 2.25. The number of rotatable bonds is 8. The van der Waals surface area contributed by atoms with Crippen molar-refractivity contribution in [3.63, 3.8) is 0 Å². The van der Waals surface area contributed by atoms with Crippen molar-refractivity contribution in [2.24, 2.45) is 0 Å². The highest BCUT2D eigenvalue weighted by atomic mass is 16.5. The third kappa shape index (κ3) is 4.67. The van der Waals surface area contributed by atoms with Crippen molar-refractivity contribution < 1.29 is 14.2 Å². The zero-order valence-corrected chi connectivity index (χ0v) is 14.7. The van der Waals surface area contributed by atoms with Gasteiger partial charge in [0, 0.05) is 6.07 Å². The average Bonchev–Trinajstić information content (AvgIpc) is 3.43. The van der Waals surface area contributed by atoms with E-state index in [0.29, 0.717) is 22.8 Å². The van der Waals surface area contributed by atoms with Crippen LogP contribution in [-0.2, 0) is 0 Å². The molecule has 4 nitrogen and oxygen atoms in total. The summed E-state index contributed by atoms with van der Waals surface area (Å²) in [7, 11) is 0. The van der Waals surface area contributed by atoms with Gasteiger partial charge in [0.25, 0.3) is 0 Å². The summed E-state index contributed by atoms with van der Waals surface area (Å²) < 4.78 is 17.4. The van der Waals surface area contributed by atoms with Crippen molar-refractivity contribution in [3.8, 4) is 29.1 Å². The van der Waals surface area contributed by atoms with Crippen LogP contribution in [0.2, 0.25) is 0 Å². The smallest absolute Gasteiger partial charge is 0.140 e. The average molecular weight is 337 g/mol. The zero-order chi connectivity index (χ0) is 17.6. The molecule has 2 aromatic carbocycles. The lowest BCUT2D eigenvalue weighted by Crippen LogP contribution is -2.01. The van der Waals surface area contributed by atoms with Gasteiger partial charge < -0.3 is 14.2 Å². The lowest BCUT2D eigenvalue weighted by atomic mass is 10.1. The highest BCUT2D eigenvalue weighted by molar-refractivity contribution is 5.53. The van der Waals surface area contributed by atoms with Gasteiger partial charge in [-0.2, -0.15) is 5.26 Å². The maximum absolute atomic E-state index is 9.40. The third-order valence-electron chi connectivity index (χ3n) is 4.00. The Labute approximate surface area is 149 Å². The summed E-state index contributed by atoms with van der Waals surface area (Å²) in [5.41, 5.74) is 1.43. The van der Waals surface area contributed by atoms with E-state index in [2.05, 4.69) is 13.0 Å². The Morgan fingerprint density at radius 3 is 2.44 bits per heavy atom. The summed E-state index contributed by atoms with van der Waals surface area (Å²) in [6.45, 7) is 4.80. The first-order valence-corrected chi connectivity index (χ1v) is 8.81. The lowest BCUT2D eigenvalue weighted by molar-refractivity contribution is 0.299. The molecular formula is C21H23NO3. The number of ether oxygens (including phenoxy) is 3. The minimum atomic E-state index is 0.262. The Balaban J connectivity index is 1.69. The van der Waals surface area contributed by atoms with Crippen molar-refractivity contribution in [2.45, 2.75) is 45.6 Å². The molecule has 0 saturated heterocycles. The molecule has 2 aromatic rings. The van der Waals surface area contributed by atoms with Gasteiger partial charge in [-0.25, -0.2) is 0 Å². The van der Waals surface area contributed by atoms with Crippen LogP contribution in [-0.4, -0.2) is 12.7 Å². The van der Waals surface area contributed by atoms with Gasteiger partial charge in [-0.05, 0) is 62.1 Å². The van der Waals surface area contributed by atoms with Gasteiger partial charge in [0.15, 0.2) is 0 Å². The Morgan fingerprint density at radius 2 is 1.80 bits per heavy atom. The number of hydrogen-bond donors (Lipinski definition) is 0. The molecule has 0 heterocycles. The third-order valence-corrected chi connectivity index (χ3v) is 4.00. The van der Waals surface area contributed by atoms with Crippen LogP contribution >= 0.6 is 0 Å². The first-order chi connectivity index (χ1) is 12.2. The van der Waals surface area contributed by atoms with Gasteiger partial charge in [0.1, 0.15) is 29.1 Å². The molecule has 25 heavy (non-hydrogen) atoms. The number of hydrogen-bond acceptors (Lipinski definition) is 4. The van der Waals surface area contributed by atoms with Gasteiger partial charge in [-0.1, -0.05) is 13.3 Å². The fourth-order valence-corrected chi connectivity index (χ4v) is 2.47. The summed E-state index contributed by atoms with van der Waals surface area (Å²) >= 11 is 0. The topological polar surface area (TPSA) is 51.5 Å². The first kappa shape index (κ1) is 17.2. The van der Waals surface area contributed by atoms with Crippen molar-refractivity contribution in [2.75, 3.05) is 6.61 Å². The fraction of sp³-hybridized carbons (Fsp3) is 0.381. The van der Waals surface area contributed by atoms with Crippen LogP contribution in [0, 0.1) is 18.3 Å². The first-order valence-electron chi connectivity index (χ1n) is 8.81. The van der Waals surface area contributed by atoms with Crippen LogP contribution in [0.15, 0.2) is 36.4 Å². The summed E-state index contributed by atoms with van der Waals surface area (Å²) in [6.07, 6.45) is 4.55. The summed E-state index contributed by atoms with van der Waals surface area (Å²) in [5.74, 6) is 2.86. The number of aryl methyl sites for hydroxylation is 1. The van der Waals surface area contributed by atoms with E-state index in [4.69, 9.17) is 14.2 Å². The molecule has 0 aromatic heterocycles. The highest BCUT2D eigenvalue weighted by Crippen LogP contribution is 2.35. The Morgan fingerprint density at radius 1 is 1.08 bits per heavy atom. The maximum Gasteiger partial charge on any atom is 0.140 e. The molecule has 1 fully saturated rings. The van der Waals surface area contributed by atoms with E-state index in [1.807, 2.05) is 37.3 Å². The molecule has 0 radical (unpaired) electrons. The van der Waals surface area contributed by atoms with Crippen LogP contribution < -0.4 is 14.2 Å². The van der Waals surface area contributed by atoms with Gasteiger partial charge in [0.05, 0.1) is 18.3 Å². The van der Waals surface area contributed by atoms with Crippen LogP contribution in [0.5, 0.6) is 23.0 Å². The Bertz CT molecular complexity index is 758. The van der Waals surface area contributed by atoms with Gasteiger partial charge in [-0.3, -0.25) is 0 Å². The van der Waals surface area contributed by atoms with E-state index < -0.39 is 0 Å². The predicted octanol–water partition coefficient (Wildman–Crippen LogP) is 5.38. The van der Waals surface area contributed by atoms with Crippen molar-refractivity contribution in [1.82, 2.24) is 0 Å². The van der Waals surface area contributed by atoms with Gasteiger partial charge in [-0.15, -0.1) is 0 Å². The molecule has 0 atom stereocenters. The molecule has 1 aliphatic rings. The standard InChI is InChI=1S/C21H23NO3/c1-3-4-11-23-17-5-7-18(8-6-17)24-20-12-15(2)21(16(13-20)14-22)25-19-9-10-19/h5-8,12-13,19H,3-4,9-11H2,1-2H3. The maximum atomic E-state index is 9.40. The second kappa shape index (κ2) is 7.94. The minimum absolute atomic E-state index is 0.262. The lowest BCUT2D eigenvalue weighted by Gasteiger charge is -2.13. The predicted molar refractivity (Wildman–Crippen MR) is 96.5 cm³/mol. The van der Waals surface area contributed by atoms with Crippen molar-refractivity contribution in [3.05, 3.63) is 47.5 Å². The molecule has 1 aliphatic carbocycles. The van der Waals surface area contributed by atoms with Crippen LogP contribution in [0.1, 0.15) is 43.7 Å². The summed E-state index contributed by atoms with van der Waals surface area (Å²) in [5, 5.41) is 9.40. The monoisotopic (exact) mass is 337 g/mol. The largest absolute Gasteiger partial charge is 0.494 e. The molecule has 0 amide bonds. The van der Waals surface area contributed by atoms with E-state index in [9.17, 15) is 5.26 Å². The molecule has 3 rings (SSSR count). The molecule has 0 spiro atoms. The van der Waals surface area contributed by atoms with Crippen LogP contribution in [0.4, 0.5) is 0 Å².